The van der Waals surface area contributed by atoms with Crippen molar-refractivity contribution in [1.29, 1.82) is 0 Å². The van der Waals surface area contributed by atoms with Gasteiger partial charge in [0.2, 0.25) is 11.9 Å². The Kier molecular flexibility index (Phi) is 7.69. The maximum absolute atomic E-state index is 4.82. The zero-order valence-corrected chi connectivity index (χ0v) is 27.5. The van der Waals surface area contributed by atoms with E-state index in [2.05, 4.69) is 88.7 Å². The van der Waals surface area contributed by atoms with Gasteiger partial charge < -0.3 is 25.9 Å². The molecule has 0 aliphatic heterocycles. The minimum atomic E-state index is 0.182. The van der Waals surface area contributed by atoms with Crippen molar-refractivity contribution in [3.63, 3.8) is 0 Å². The number of aromatic nitrogens is 12. The molecule has 2 saturated carbocycles. The average Bonchev–Trinajstić information content (AvgIpc) is 3.48. The van der Waals surface area contributed by atoms with E-state index >= 15 is 0 Å². The molecule has 5 N–H and O–H groups in total. The molecule has 8 rings (SSSR count). The number of hydrogen-bond donors (Lipinski definition) is 5. The van der Waals surface area contributed by atoms with Crippen LogP contribution in [-0.4, -0.2) is 71.7 Å². The van der Waals surface area contributed by atoms with Gasteiger partial charge in [0.25, 0.3) is 0 Å². The fraction of sp³-hybridized carbons (Fsp3) is 0.469. The maximum atomic E-state index is 4.82. The van der Waals surface area contributed by atoms with Gasteiger partial charge in [-0.25, -0.2) is 15.0 Å². The summed E-state index contributed by atoms with van der Waals surface area (Å²) in [6, 6.07) is 0.718. The van der Waals surface area contributed by atoms with Crippen molar-refractivity contribution in [3.05, 3.63) is 37.4 Å². The number of nitrogens with one attached hydrogen (secondary N) is 5. The molecule has 0 spiro atoms. The third-order valence-electron chi connectivity index (χ3n) is 9.43. The Labute approximate surface area is 276 Å². The number of rotatable bonds is 13. The van der Waals surface area contributed by atoms with Crippen LogP contribution in [-0.2, 0) is 0 Å². The predicted octanol–water partition coefficient (Wildman–Crippen LogP) is 6.07. The molecule has 0 bridgehead atoms. The average molecular weight is 649 g/mol. The maximum Gasteiger partial charge on any atom is 0.231 e. The first-order valence-electron chi connectivity index (χ1n) is 16.7. The summed E-state index contributed by atoms with van der Waals surface area (Å²) in [5.41, 5.74) is 4.34. The van der Waals surface area contributed by atoms with Crippen molar-refractivity contribution in [1.82, 2.24) is 59.4 Å². The minimum absolute atomic E-state index is 0.182. The van der Waals surface area contributed by atoms with Crippen LogP contribution in [0.25, 0.3) is 22.3 Å². The number of H-pyrrole nitrogens is 2. The number of aromatic amines is 2. The highest BCUT2D eigenvalue weighted by molar-refractivity contribution is 5.85. The summed E-state index contributed by atoms with van der Waals surface area (Å²) < 4.78 is 3.89. The lowest BCUT2D eigenvalue weighted by molar-refractivity contribution is 0.222. The molecule has 6 aromatic heterocycles. The van der Waals surface area contributed by atoms with Crippen LogP contribution < -0.4 is 16.0 Å². The van der Waals surface area contributed by atoms with Crippen LogP contribution in [0.15, 0.2) is 42.4 Å². The van der Waals surface area contributed by atoms with Gasteiger partial charge in [0.1, 0.15) is 11.0 Å². The summed E-state index contributed by atoms with van der Waals surface area (Å²) in [6.45, 7) is 8.58. The summed E-state index contributed by atoms with van der Waals surface area (Å²) in [5, 5.41) is 19.4. The standard InChI is InChI=1S/C32H40N16/c1-17(2)47-13-22(11-38-47)40-32-45-29-26(35-16-37-29)30(46-32)42-24-8-7-21(24)9-19(4)48-14-23(12-39-48)41-31-43-27(25-28(44-31)36-15-34-25)33-10-18(3)20-5-6-20/h10-21,24H,5-9H2,1-4H3,(H2,34,36,41,43,44)(H3,35,37,40,42,45,46). The topological polar surface area (TPSA) is 193 Å². The monoisotopic (exact) mass is 648 g/mol. The van der Waals surface area contributed by atoms with Crippen LogP contribution in [0.5, 0.6) is 0 Å². The molecule has 16 nitrogen and oxygen atoms in total. The predicted molar refractivity (Wildman–Crippen MR) is 184 cm³/mol. The molecule has 2 aliphatic carbocycles. The van der Waals surface area contributed by atoms with Gasteiger partial charge >= 0.3 is 0 Å². The van der Waals surface area contributed by atoms with Gasteiger partial charge in [-0.2, -0.15) is 30.1 Å². The van der Waals surface area contributed by atoms with Crippen LogP contribution in [0.1, 0.15) is 71.9 Å². The molecule has 4 unspecified atom stereocenters. The first-order chi connectivity index (χ1) is 23.4. The fourth-order valence-electron chi connectivity index (χ4n) is 6.24. The highest BCUT2D eigenvalue weighted by Gasteiger charge is 2.33. The molecule has 2 fully saturated rings. The van der Waals surface area contributed by atoms with Gasteiger partial charge in [-0.05, 0) is 70.6 Å². The van der Waals surface area contributed by atoms with E-state index in [0.29, 0.717) is 40.8 Å². The molecule has 2 aliphatic rings. The summed E-state index contributed by atoms with van der Waals surface area (Å²) in [6.07, 6.45) is 18.5. The van der Waals surface area contributed by atoms with Crippen LogP contribution in [0.2, 0.25) is 0 Å². The van der Waals surface area contributed by atoms with Gasteiger partial charge in [-0.3, -0.25) is 9.36 Å². The minimum Gasteiger partial charge on any atom is -0.365 e. The molecule has 4 atom stereocenters. The second kappa shape index (κ2) is 12.3. The van der Waals surface area contributed by atoms with Crippen LogP contribution in [0.3, 0.4) is 0 Å². The lowest BCUT2D eigenvalue weighted by atomic mass is 9.76. The first-order valence-corrected chi connectivity index (χ1v) is 16.7. The number of hydrogen-bond acceptors (Lipinski definition) is 12. The molecule has 6 heterocycles. The summed E-state index contributed by atoms with van der Waals surface area (Å²) in [7, 11) is 0. The normalized spacial score (nSPS) is 19.3. The second-order valence-electron chi connectivity index (χ2n) is 13.4. The summed E-state index contributed by atoms with van der Waals surface area (Å²) >= 11 is 0. The van der Waals surface area contributed by atoms with Gasteiger partial charge in [0.05, 0.1) is 36.4 Å². The van der Waals surface area contributed by atoms with Crippen LogP contribution in [0.4, 0.5) is 34.9 Å². The van der Waals surface area contributed by atoms with E-state index in [4.69, 9.17) is 9.98 Å². The Morgan fingerprint density at radius 1 is 0.833 bits per heavy atom. The Morgan fingerprint density at radius 3 is 2.17 bits per heavy atom. The Bertz CT molecular complexity index is 2060. The van der Waals surface area contributed by atoms with E-state index in [1.54, 1.807) is 25.0 Å². The SMILES string of the molecule is CC(C=Nc1nc(Nc2cnn(C(C)CC3CCC3Nc3nc(Nc4cnn(C(C)C)c4)nc4nc[nH]c34)c2)nc2nc[nH]c12)C1CC1. The van der Waals surface area contributed by atoms with E-state index in [9.17, 15) is 0 Å². The Morgan fingerprint density at radius 2 is 1.50 bits per heavy atom. The van der Waals surface area contributed by atoms with E-state index < -0.39 is 0 Å². The molecule has 0 radical (unpaired) electrons. The van der Waals surface area contributed by atoms with Crippen LogP contribution in [0, 0.1) is 17.8 Å². The number of anilines is 5. The summed E-state index contributed by atoms with van der Waals surface area (Å²) in [5.74, 6) is 3.84. The molecular weight excluding hydrogens is 608 g/mol. The smallest absolute Gasteiger partial charge is 0.231 e. The number of aliphatic imine (C=N–C) groups is 1. The lowest BCUT2D eigenvalue weighted by Crippen LogP contribution is -2.39. The second-order valence-corrected chi connectivity index (χ2v) is 13.4. The number of nitrogens with zero attached hydrogens (tertiary/aromatic N) is 11. The van der Waals surface area contributed by atoms with Crippen molar-refractivity contribution < 1.29 is 0 Å². The van der Waals surface area contributed by atoms with Gasteiger partial charge in [-0.1, -0.05) is 6.92 Å². The molecule has 248 valence electrons. The van der Waals surface area contributed by atoms with E-state index in [1.165, 1.54) is 12.8 Å². The third-order valence-corrected chi connectivity index (χ3v) is 9.43. The van der Waals surface area contributed by atoms with Crippen molar-refractivity contribution in [2.45, 2.75) is 77.9 Å². The van der Waals surface area contributed by atoms with Crippen molar-refractivity contribution >= 4 is 63.4 Å². The zero-order valence-electron chi connectivity index (χ0n) is 27.5. The van der Waals surface area contributed by atoms with E-state index in [0.717, 1.165) is 53.4 Å². The molecular formula is C32H40N16. The number of fused-ring (bicyclic) bond motifs is 2. The van der Waals surface area contributed by atoms with Crippen molar-refractivity contribution in [2.75, 3.05) is 16.0 Å². The zero-order chi connectivity index (χ0) is 32.8. The Balaban J connectivity index is 0.921. The van der Waals surface area contributed by atoms with Gasteiger partial charge in [-0.15, -0.1) is 0 Å². The quantitative estimate of drug-likeness (QED) is 0.0913. The van der Waals surface area contributed by atoms with Crippen molar-refractivity contribution in [3.8, 4) is 0 Å². The molecule has 0 amide bonds. The van der Waals surface area contributed by atoms with E-state index in [1.807, 2.05) is 28.0 Å². The van der Waals surface area contributed by atoms with Crippen LogP contribution >= 0.6 is 0 Å². The molecule has 6 aromatic rings. The number of imidazole rings is 2. The molecule has 0 aromatic carbocycles. The van der Waals surface area contributed by atoms with Gasteiger partial charge in [0.15, 0.2) is 22.9 Å². The van der Waals surface area contributed by atoms with Gasteiger partial charge in [0, 0.05) is 36.7 Å². The molecule has 16 heteroatoms. The largest absolute Gasteiger partial charge is 0.365 e. The highest BCUT2D eigenvalue weighted by Crippen LogP contribution is 2.38. The summed E-state index contributed by atoms with van der Waals surface area (Å²) in [4.78, 5) is 38.5. The molecule has 48 heavy (non-hydrogen) atoms. The van der Waals surface area contributed by atoms with E-state index in [-0.39, 0.29) is 18.1 Å². The lowest BCUT2D eigenvalue weighted by Gasteiger charge is -2.39. The van der Waals surface area contributed by atoms with Crippen molar-refractivity contribution in [2.24, 2.45) is 22.7 Å². The third kappa shape index (κ3) is 6.16. The first kappa shape index (κ1) is 30.0. The highest BCUT2D eigenvalue weighted by atomic mass is 15.3. The Hall–Kier alpha value is -5.41. The molecule has 0 saturated heterocycles. The fourth-order valence-corrected chi connectivity index (χ4v) is 6.24.